The maximum Gasteiger partial charge on any atom is 0.339 e. The van der Waals surface area contributed by atoms with Crippen LogP contribution >= 0.6 is 0 Å². The fourth-order valence-corrected chi connectivity index (χ4v) is 1.66. The van der Waals surface area contributed by atoms with Gasteiger partial charge in [0.25, 0.3) is 0 Å². The van der Waals surface area contributed by atoms with Gasteiger partial charge in [0.15, 0.2) is 0 Å². The van der Waals surface area contributed by atoms with Gasteiger partial charge in [-0.1, -0.05) is 12.1 Å². The molecule has 0 atom stereocenters. The highest BCUT2D eigenvalue weighted by molar-refractivity contribution is 6.40. The van der Waals surface area contributed by atoms with Crippen molar-refractivity contribution in [2.75, 3.05) is 32.2 Å². The van der Waals surface area contributed by atoms with Gasteiger partial charge in [0.2, 0.25) is 0 Å². The van der Waals surface area contributed by atoms with E-state index in [0.717, 1.165) is 0 Å². The molecular formula is C15H20N2O5. The topological polar surface area (TPSA) is 93.7 Å². The van der Waals surface area contributed by atoms with E-state index in [1.165, 1.54) is 19.2 Å². The summed E-state index contributed by atoms with van der Waals surface area (Å²) in [6.45, 7) is 3.35. The zero-order chi connectivity index (χ0) is 16.4. The number of para-hydroxylation sites is 1. The number of amides is 2. The van der Waals surface area contributed by atoms with Gasteiger partial charge in [-0.2, -0.15) is 0 Å². The molecule has 0 aromatic heterocycles. The Morgan fingerprint density at radius 3 is 2.55 bits per heavy atom. The lowest BCUT2D eigenvalue weighted by molar-refractivity contribution is -0.136. The third-order valence-corrected chi connectivity index (χ3v) is 2.74. The summed E-state index contributed by atoms with van der Waals surface area (Å²) in [7, 11) is 1.24. The lowest BCUT2D eigenvalue weighted by atomic mass is 10.2. The standard InChI is InChI=1S/C15H20N2O5/c1-3-22-10-6-9-16-13(18)14(19)17-12-8-5-4-7-11(12)15(20)21-2/h4-5,7-8H,3,6,9-10H2,1-2H3,(H,16,18)(H,17,19). The second-order valence-electron chi connectivity index (χ2n) is 4.30. The largest absolute Gasteiger partial charge is 0.465 e. The van der Waals surface area contributed by atoms with Crippen LogP contribution in [0.15, 0.2) is 24.3 Å². The summed E-state index contributed by atoms with van der Waals surface area (Å²) in [5.74, 6) is -2.20. The average Bonchev–Trinajstić information content (AvgIpc) is 2.54. The number of rotatable bonds is 7. The molecule has 120 valence electrons. The number of nitrogens with one attached hydrogen (secondary N) is 2. The van der Waals surface area contributed by atoms with Gasteiger partial charge in [-0.3, -0.25) is 9.59 Å². The van der Waals surface area contributed by atoms with Crippen molar-refractivity contribution in [2.45, 2.75) is 13.3 Å². The fraction of sp³-hybridized carbons (Fsp3) is 0.400. The molecule has 0 unspecified atom stereocenters. The maximum atomic E-state index is 11.8. The van der Waals surface area contributed by atoms with Gasteiger partial charge in [-0.05, 0) is 25.5 Å². The van der Waals surface area contributed by atoms with Crippen molar-refractivity contribution in [1.29, 1.82) is 0 Å². The second-order valence-corrected chi connectivity index (χ2v) is 4.30. The highest BCUT2D eigenvalue weighted by atomic mass is 16.5. The Morgan fingerprint density at radius 1 is 1.14 bits per heavy atom. The maximum absolute atomic E-state index is 11.8. The number of benzene rings is 1. The van der Waals surface area contributed by atoms with Crippen molar-refractivity contribution in [1.82, 2.24) is 5.32 Å². The molecule has 0 fully saturated rings. The van der Waals surface area contributed by atoms with Gasteiger partial charge in [-0.25, -0.2) is 4.79 Å². The molecule has 0 saturated heterocycles. The highest BCUT2D eigenvalue weighted by Crippen LogP contribution is 2.15. The van der Waals surface area contributed by atoms with Crippen LogP contribution in [0, 0.1) is 0 Å². The van der Waals surface area contributed by atoms with Crippen LogP contribution in [-0.4, -0.2) is 44.7 Å². The first kappa shape index (κ1) is 17.6. The summed E-state index contributed by atoms with van der Waals surface area (Å²) in [4.78, 5) is 35.0. The first-order valence-corrected chi connectivity index (χ1v) is 6.94. The quantitative estimate of drug-likeness (QED) is 0.444. The Bertz CT molecular complexity index is 530. The molecule has 0 aliphatic carbocycles. The number of esters is 1. The minimum absolute atomic E-state index is 0.183. The molecule has 7 heteroatoms. The van der Waals surface area contributed by atoms with Gasteiger partial charge >= 0.3 is 17.8 Å². The second kappa shape index (κ2) is 9.51. The van der Waals surface area contributed by atoms with Crippen LogP contribution in [0.5, 0.6) is 0 Å². The number of hydrogen-bond donors (Lipinski definition) is 2. The van der Waals surface area contributed by atoms with Gasteiger partial charge < -0.3 is 20.1 Å². The van der Waals surface area contributed by atoms with E-state index in [9.17, 15) is 14.4 Å². The van der Waals surface area contributed by atoms with E-state index in [4.69, 9.17) is 4.74 Å². The summed E-state index contributed by atoms with van der Waals surface area (Å²) >= 11 is 0. The number of methoxy groups -OCH3 is 1. The molecule has 1 aromatic carbocycles. The van der Waals surface area contributed by atoms with E-state index in [2.05, 4.69) is 15.4 Å². The van der Waals surface area contributed by atoms with Crippen molar-refractivity contribution in [3.05, 3.63) is 29.8 Å². The monoisotopic (exact) mass is 308 g/mol. The molecule has 7 nitrogen and oxygen atoms in total. The van der Waals surface area contributed by atoms with Crippen LogP contribution in [-0.2, 0) is 19.1 Å². The first-order chi connectivity index (χ1) is 10.6. The number of carbonyl (C=O) groups is 3. The molecule has 0 radical (unpaired) electrons. The van der Waals surface area contributed by atoms with E-state index in [-0.39, 0.29) is 11.3 Å². The summed E-state index contributed by atoms with van der Waals surface area (Å²) in [5.41, 5.74) is 0.409. The number of carbonyl (C=O) groups excluding carboxylic acids is 3. The molecule has 0 aliphatic rings. The molecule has 0 bridgehead atoms. The third-order valence-electron chi connectivity index (χ3n) is 2.74. The Morgan fingerprint density at radius 2 is 1.86 bits per heavy atom. The van der Waals surface area contributed by atoms with Crippen LogP contribution < -0.4 is 10.6 Å². The number of ether oxygens (including phenoxy) is 2. The van der Waals surface area contributed by atoms with Crippen LogP contribution in [0.4, 0.5) is 5.69 Å². The van der Waals surface area contributed by atoms with Gasteiger partial charge in [-0.15, -0.1) is 0 Å². The molecule has 1 aromatic rings. The number of hydrogen-bond acceptors (Lipinski definition) is 5. The van der Waals surface area contributed by atoms with E-state index in [0.29, 0.717) is 26.2 Å². The summed E-state index contributed by atoms with van der Waals surface area (Å²) < 4.78 is 9.74. The van der Waals surface area contributed by atoms with E-state index in [1.54, 1.807) is 12.1 Å². The molecule has 0 spiro atoms. The normalized spacial score (nSPS) is 9.91. The van der Waals surface area contributed by atoms with E-state index in [1.807, 2.05) is 6.92 Å². The Kier molecular flexibility index (Phi) is 7.63. The Labute approximate surface area is 129 Å². The Balaban J connectivity index is 2.54. The summed E-state index contributed by atoms with van der Waals surface area (Å²) in [6.07, 6.45) is 0.617. The van der Waals surface area contributed by atoms with Crippen molar-refractivity contribution < 1.29 is 23.9 Å². The smallest absolute Gasteiger partial charge is 0.339 e. The highest BCUT2D eigenvalue weighted by Gasteiger charge is 2.17. The molecule has 2 amide bonds. The predicted octanol–water partition coefficient (Wildman–Crippen LogP) is 0.954. The molecule has 22 heavy (non-hydrogen) atoms. The van der Waals surface area contributed by atoms with Crippen LogP contribution in [0.25, 0.3) is 0 Å². The number of anilines is 1. The van der Waals surface area contributed by atoms with Crippen LogP contribution in [0.3, 0.4) is 0 Å². The fourth-order valence-electron chi connectivity index (χ4n) is 1.66. The van der Waals surface area contributed by atoms with Crippen LogP contribution in [0.1, 0.15) is 23.7 Å². The van der Waals surface area contributed by atoms with E-state index < -0.39 is 17.8 Å². The first-order valence-electron chi connectivity index (χ1n) is 6.94. The minimum atomic E-state index is -0.840. The third kappa shape index (κ3) is 5.53. The van der Waals surface area contributed by atoms with Crippen LogP contribution in [0.2, 0.25) is 0 Å². The summed E-state index contributed by atoms with van der Waals surface area (Å²) in [6, 6.07) is 6.30. The van der Waals surface area contributed by atoms with Crippen molar-refractivity contribution >= 4 is 23.5 Å². The molecule has 2 N–H and O–H groups in total. The predicted molar refractivity (Wildman–Crippen MR) is 80.5 cm³/mol. The molecule has 0 heterocycles. The zero-order valence-corrected chi connectivity index (χ0v) is 12.7. The molecule has 1 rings (SSSR count). The van der Waals surface area contributed by atoms with Crippen molar-refractivity contribution in [2.24, 2.45) is 0 Å². The lowest BCUT2D eigenvalue weighted by Gasteiger charge is -2.09. The molecule has 0 saturated carbocycles. The average molecular weight is 308 g/mol. The van der Waals surface area contributed by atoms with Gasteiger partial charge in [0.1, 0.15) is 0 Å². The molecule has 0 aliphatic heterocycles. The SMILES string of the molecule is CCOCCCNC(=O)C(=O)Nc1ccccc1C(=O)OC. The van der Waals surface area contributed by atoms with Gasteiger partial charge in [0.05, 0.1) is 18.4 Å². The van der Waals surface area contributed by atoms with E-state index >= 15 is 0 Å². The van der Waals surface area contributed by atoms with Crippen molar-refractivity contribution in [3.8, 4) is 0 Å². The van der Waals surface area contributed by atoms with Crippen molar-refractivity contribution in [3.63, 3.8) is 0 Å². The molecular weight excluding hydrogens is 288 g/mol. The zero-order valence-electron chi connectivity index (χ0n) is 12.7. The summed E-state index contributed by atoms with van der Waals surface area (Å²) in [5, 5.41) is 4.87. The lowest BCUT2D eigenvalue weighted by Crippen LogP contribution is -2.36. The van der Waals surface area contributed by atoms with Gasteiger partial charge in [0, 0.05) is 19.8 Å². The Hall–Kier alpha value is -2.41. The minimum Gasteiger partial charge on any atom is -0.465 e.